The van der Waals surface area contributed by atoms with Crippen LogP contribution in [-0.4, -0.2) is 29.0 Å². The van der Waals surface area contributed by atoms with Crippen molar-refractivity contribution in [2.45, 2.75) is 45.8 Å². The summed E-state index contributed by atoms with van der Waals surface area (Å²) in [6.45, 7) is 5.25. The van der Waals surface area contributed by atoms with Crippen molar-refractivity contribution in [1.82, 2.24) is 10.6 Å². The zero-order valence-corrected chi connectivity index (χ0v) is 23.2. The number of benzene rings is 4. The van der Waals surface area contributed by atoms with Crippen LogP contribution < -0.4 is 16.0 Å². The number of amides is 2. The first kappa shape index (κ1) is 29.3. The van der Waals surface area contributed by atoms with Crippen LogP contribution in [0.15, 0.2) is 84.9 Å². The number of hydrogen-bond acceptors (Lipinski definition) is 4. The first-order valence-electron chi connectivity index (χ1n) is 13.4. The highest BCUT2D eigenvalue weighted by molar-refractivity contribution is 5.98. The van der Waals surface area contributed by atoms with E-state index >= 15 is 0 Å². The molecule has 2 amide bonds. The van der Waals surface area contributed by atoms with E-state index < -0.39 is 29.3 Å². The van der Waals surface area contributed by atoms with Gasteiger partial charge in [0.2, 0.25) is 5.91 Å². The van der Waals surface area contributed by atoms with E-state index in [-0.39, 0.29) is 36.0 Å². The molecule has 0 aromatic heterocycles. The molecular weight excluding hydrogens is 524 g/mol. The predicted molar refractivity (Wildman–Crippen MR) is 157 cm³/mol. The van der Waals surface area contributed by atoms with Gasteiger partial charge in [-0.05, 0) is 67.3 Å². The predicted octanol–water partition coefficient (Wildman–Crippen LogP) is 6.12. The molecule has 0 heterocycles. The first-order chi connectivity index (χ1) is 19.6. The summed E-state index contributed by atoms with van der Waals surface area (Å²) in [5.74, 6) is -3.25. The van der Waals surface area contributed by atoms with Crippen molar-refractivity contribution in [3.63, 3.8) is 0 Å². The van der Waals surface area contributed by atoms with Gasteiger partial charge in [0.15, 0.2) is 11.6 Å². The quantitative estimate of drug-likeness (QED) is 0.189. The molecular formula is C33H33F2N3O3. The second kappa shape index (κ2) is 13.1. The number of rotatable bonds is 10. The molecule has 41 heavy (non-hydrogen) atoms. The smallest absolute Gasteiger partial charge is 0.252 e. The van der Waals surface area contributed by atoms with E-state index in [2.05, 4.69) is 16.0 Å². The molecule has 0 aliphatic rings. The maximum atomic E-state index is 14.2. The Labute approximate surface area is 238 Å². The minimum absolute atomic E-state index is 0.115. The molecule has 4 N–H and O–H groups in total. The number of carbonyl (C=O) groups excluding carboxylic acids is 2. The number of aromatic hydroxyl groups is 1. The van der Waals surface area contributed by atoms with Gasteiger partial charge in [-0.25, -0.2) is 8.78 Å². The van der Waals surface area contributed by atoms with Crippen molar-refractivity contribution in [2.75, 3.05) is 5.32 Å². The van der Waals surface area contributed by atoms with Crippen LogP contribution in [0.25, 0.3) is 11.1 Å². The van der Waals surface area contributed by atoms with Gasteiger partial charge in [0, 0.05) is 35.8 Å². The summed E-state index contributed by atoms with van der Waals surface area (Å²) < 4.78 is 28.4. The van der Waals surface area contributed by atoms with Crippen molar-refractivity contribution < 1.29 is 23.5 Å². The fourth-order valence-electron chi connectivity index (χ4n) is 4.42. The molecule has 0 fully saturated rings. The highest BCUT2D eigenvalue weighted by Gasteiger charge is 2.23. The summed E-state index contributed by atoms with van der Waals surface area (Å²) in [5, 5.41) is 18.3. The lowest BCUT2D eigenvalue weighted by atomic mass is 10.00. The number of carbonyl (C=O) groups is 2. The second-order valence-corrected chi connectivity index (χ2v) is 10.2. The summed E-state index contributed by atoms with van der Waals surface area (Å²) >= 11 is 0. The Hall–Kier alpha value is -4.72. The lowest BCUT2D eigenvalue weighted by Crippen LogP contribution is -2.49. The number of nitrogens with one attached hydrogen (secondary N) is 3. The van der Waals surface area contributed by atoms with Gasteiger partial charge in [-0.3, -0.25) is 9.59 Å². The van der Waals surface area contributed by atoms with E-state index in [9.17, 15) is 23.5 Å². The number of halogens is 2. The summed E-state index contributed by atoms with van der Waals surface area (Å²) in [4.78, 5) is 26.3. The largest absolute Gasteiger partial charge is 0.505 e. The van der Waals surface area contributed by atoms with Gasteiger partial charge in [0.05, 0.1) is 0 Å². The second-order valence-electron chi connectivity index (χ2n) is 10.2. The van der Waals surface area contributed by atoms with Gasteiger partial charge in [-0.1, -0.05) is 60.7 Å². The van der Waals surface area contributed by atoms with Crippen LogP contribution >= 0.6 is 0 Å². The zero-order chi connectivity index (χ0) is 29.5. The Morgan fingerprint density at radius 1 is 0.854 bits per heavy atom. The standard InChI is InChI=1S/C33H33F2N3O3/c1-20(2)37-33(41)29(17-22-10-13-24(14-11-22)23-7-5-4-6-8-23)38-32(40)25-12-9-21(3)28(18-25)36-19-26-27(34)15-16-30(39)31(26)35/h4-16,18,20,29,36,39H,17,19H2,1-3H3,(H,37,41)(H,38,40)/t29-/m0/s1. The highest BCUT2D eigenvalue weighted by atomic mass is 19.1. The molecule has 8 heteroatoms. The van der Waals surface area contributed by atoms with Crippen LogP contribution in [-0.2, 0) is 17.8 Å². The Kier molecular flexibility index (Phi) is 9.34. The average molecular weight is 558 g/mol. The molecule has 0 radical (unpaired) electrons. The number of anilines is 1. The van der Waals surface area contributed by atoms with Crippen LogP contribution in [0.5, 0.6) is 5.75 Å². The third-order valence-corrected chi connectivity index (χ3v) is 6.67. The van der Waals surface area contributed by atoms with Gasteiger partial charge in [-0.15, -0.1) is 0 Å². The summed E-state index contributed by atoms with van der Waals surface area (Å²) in [7, 11) is 0. The number of aryl methyl sites for hydroxylation is 1. The Morgan fingerprint density at radius 2 is 1.54 bits per heavy atom. The van der Waals surface area contributed by atoms with Gasteiger partial charge < -0.3 is 21.1 Å². The number of phenols is 1. The van der Waals surface area contributed by atoms with E-state index in [4.69, 9.17) is 0 Å². The van der Waals surface area contributed by atoms with E-state index in [0.717, 1.165) is 34.4 Å². The fraction of sp³-hybridized carbons (Fsp3) is 0.212. The number of phenolic OH excluding ortho intramolecular Hbond substituents is 1. The van der Waals surface area contributed by atoms with Crippen molar-refractivity contribution in [3.05, 3.63) is 119 Å². The molecule has 4 aromatic carbocycles. The van der Waals surface area contributed by atoms with Crippen molar-refractivity contribution in [1.29, 1.82) is 0 Å². The summed E-state index contributed by atoms with van der Waals surface area (Å²) in [5.41, 5.74) is 4.20. The lowest BCUT2D eigenvalue weighted by Gasteiger charge is -2.21. The van der Waals surface area contributed by atoms with Crippen molar-refractivity contribution in [3.8, 4) is 16.9 Å². The molecule has 4 rings (SSSR count). The van der Waals surface area contributed by atoms with Crippen LogP contribution in [0.2, 0.25) is 0 Å². The normalized spacial score (nSPS) is 11.7. The molecule has 0 unspecified atom stereocenters. The third-order valence-electron chi connectivity index (χ3n) is 6.67. The van der Waals surface area contributed by atoms with Crippen LogP contribution in [0, 0.1) is 18.6 Å². The molecule has 6 nitrogen and oxygen atoms in total. The molecule has 4 aromatic rings. The Bertz CT molecular complexity index is 1520. The zero-order valence-electron chi connectivity index (χ0n) is 23.2. The molecule has 0 aliphatic heterocycles. The highest BCUT2D eigenvalue weighted by Crippen LogP contribution is 2.25. The minimum atomic E-state index is -1.04. The molecule has 0 spiro atoms. The first-order valence-corrected chi connectivity index (χ1v) is 13.4. The molecule has 0 saturated carbocycles. The monoisotopic (exact) mass is 557 g/mol. The Balaban J connectivity index is 1.50. The van der Waals surface area contributed by atoms with Gasteiger partial charge in [0.1, 0.15) is 11.9 Å². The van der Waals surface area contributed by atoms with Crippen molar-refractivity contribution in [2.24, 2.45) is 0 Å². The molecule has 212 valence electrons. The third kappa shape index (κ3) is 7.48. The topological polar surface area (TPSA) is 90.5 Å². The lowest BCUT2D eigenvalue weighted by molar-refractivity contribution is -0.123. The van der Waals surface area contributed by atoms with E-state index in [1.54, 1.807) is 25.1 Å². The molecule has 0 aliphatic carbocycles. The van der Waals surface area contributed by atoms with Crippen LogP contribution in [0.1, 0.15) is 40.9 Å². The van der Waals surface area contributed by atoms with Crippen molar-refractivity contribution >= 4 is 17.5 Å². The fourth-order valence-corrected chi connectivity index (χ4v) is 4.42. The van der Waals surface area contributed by atoms with Gasteiger partial charge in [-0.2, -0.15) is 0 Å². The molecule has 1 atom stereocenters. The van der Waals surface area contributed by atoms with Gasteiger partial charge in [0.25, 0.3) is 5.91 Å². The van der Waals surface area contributed by atoms with Gasteiger partial charge >= 0.3 is 0 Å². The minimum Gasteiger partial charge on any atom is -0.505 e. The molecule has 0 bridgehead atoms. The molecule has 0 saturated heterocycles. The van der Waals surface area contributed by atoms with Crippen LogP contribution in [0.3, 0.4) is 0 Å². The van der Waals surface area contributed by atoms with E-state index in [1.165, 1.54) is 0 Å². The average Bonchev–Trinajstić information content (AvgIpc) is 2.96. The SMILES string of the molecule is Cc1ccc(C(=O)N[C@@H](Cc2ccc(-c3ccccc3)cc2)C(=O)NC(C)C)cc1NCc1c(F)ccc(O)c1F. The summed E-state index contributed by atoms with van der Waals surface area (Å²) in [6, 6.07) is 23.7. The maximum absolute atomic E-state index is 14.2. The maximum Gasteiger partial charge on any atom is 0.252 e. The number of hydrogen-bond donors (Lipinski definition) is 4. The van der Waals surface area contributed by atoms with E-state index in [0.29, 0.717) is 5.69 Å². The Morgan fingerprint density at radius 3 is 2.22 bits per heavy atom. The van der Waals surface area contributed by atoms with E-state index in [1.807, 2.05) is 68.4 Å². The summed E-state index contributed by atoms with van der Waals surface area (Å²) in [6.07, 6.45) is 0.284. The van der Waals surface area contributed by atoms with Crippen LogP contribution in [0.4, 0.5) is 14.5 Å².